The molecule has 4 heteroatoms. The topological polar surface area (TPSA) is 51.5 Å². The smallest absolute Gasteiger partial charge is 0.335 e. The summed E-state index contributed by atoms with van der Waals surface area (Å²) in [6.45, 7) is 0. The van der Waals surface area contributed by atoms with Gasteiger partial charge in [-0.2, -0.15) is 0 Å². The molecule has 1 heterocycles. The van der Waals surface area contributed by atoms with Crippen molar-refractivity contribution in [2.24, 2.45) is 7.05 Å². The normalized spacial score (nSPS) is 10.8. The molecule has 0 fully saturated rings. The SMILES string of the molecule is COc1cccc(-c2cn(C)c3cc(C(=O)O)ccc23)c1. The molecule has 0 amide bonds. The van der Waals surface area contributed by atoms with Crippen molar-refractivity contribution >= 4 is 16.9 Å². The first-order valence-electron chi connectivity index (χ1n) is 6.57. The van der Waals surface area contributed by atoms with Gasteiger partial charge in [-0.15, -0.1) is 0 Å². The Morgan fingerprint density at radius 3 is 2.71 bits per heavy atom. The van der Waals surface area contributed by atoms with Crippen molar-refractivity contribution in [3.8, 4) is 16.9 Å². The van der Waals surface area contributed by atoms with Crippen molar-refractivity contribution in [3.63, 3.8) is 0 Å². The van der Waals surface area contributed by atoms with Gasteiger partial charge >= 0.3 is 5.97 Å². The molecule has 1 aromatic heterocycles. The second kappa shape index (κ2) is 4.98. The van der Waals surface area contributed by atoms with Crippen LogP contribution in [0.2, 0.25) is 0 Å². The number of carboxylic acids is 1. The van der Waals surface area contributed by atoms with E-state index in [2.05, 4.69) is 0 Å². The Balaban J connectivity index is 2.21. The average Bonchev–Trinajstić information content (AvgIpc) is 2.84. The largest absolute Gasteiger partial charge is 0.497 e. The van der Waals surface area contributed by atoms with Crippen LogP contribution in [0, 0.1) is 0 Å². The zero-order chi connectivity index (χ0) is 15.0. The van der Waals surface area contributed by atoms with E-state index in [1.54, 1.807) is 19.2 Å². The fourth-order valence-corrected chi connectivity index (χ4v) is 2.54. The van der Waals surface area contributed by atoms with Gasteiger partial charge in [-0.3, -0.25) is 0 Å². The van der Waals surface area contributed by atoms with E-state index < -0.39 is 5.97 Å². The lowest BCUT2D eigenvalue weighted by Crippen LogP contribution is -1.96. The van der Waals surface area contributed by atoms with E-state index in [0.717, 1.165) is 27.8 Å². The van der Waals surface area contributed by atoms with Crippen LogP contribution in [0.15, 0.2) is 48.7 Å². The Kier molecular flexibility index (Phi) is 3.14. The molecule has 2 aromatic carbocycles. The number of aromatic nitrogens is 1. The van der Waals surface area contributed by atoms with Crippen molar-refractivity contribution in [1.82, 2.24) is 4.57 Å². The predicted octanol–water partition coefficient (Wildman–Crippen LogP) is 3.55. The molecular formula is C17H15NO3. The summed E-state index contributed by atoms with van der Waals surface area (Å²) in [5.74, 6) is -0.118. The van der Waals surface area contributed by atoms with Gasteiger partial charge in [0.2, 0.25) is 0 Å². The molecular weight excluding hydrogens is 266 g/mol. The predicted molar refractivity (Wildman–Crippen MR) is 81.9 cm³/mol. The summed E-state index contributed by atoms with van der Waals surface area (Å²) in [4.78, 5) is 11.1. The van der Waals surface area contributed by atoms with Crippen LogP contribution in [0.5, 0.6) is 5.75 Å². The number of nitrogens with zero attached hydrogens (tertiary/aromatic N) is 1. The van der Waals surface area contributed by atoms with Crippen LogP contribution in [0.1, 0.15) is 10.4 Å². The minimum Gasteiger partial charge on any atom is -0.497 e. The number of rotatable bonds is 3. The molecule has 1 N–H and O–H groups in total. The maximum absolute atomic E-state index is 11.1. The standard InChI is InChI=1S/C17H15NO3/c1-18-10-15(11-4-3-5-13(8-11)21-2)14-7-6-12(17(19)20)9-16(14)18/h3-10H,1-2H3,(H,19,20). The number of fused-ring (bicyclic) bond motifs is 1. The van der Waals surface area contributed by atoms with Gasteiger partial charge in [0, 0.05) is 29.7 Å². The third-order valence-corrected chi connectivity index (χ3v) is 3.62. The summed E-state index contributed by atoms with van der Waals surface area (Å²) >= 11 is 0. The highest BCUT2D eigenvalue weighted by molar-refractivity contribution is 6.00. The fourth-order valence-electron chi connectivity index (χ4n) is 2.54. The Morgan fingerprint density at radius 1 is 1.19 bits per heavy atom. The lowest BCUT2D eigenvalue weighted by molar-refractivity contribution is 0.0697. The number of ether oxygens (including phenoxy) is 1. The fraction of sp³-hybridized carbons (Fsp3) is 0.118. The number of aromatic carboxylic acids is 1. The van der Waals surface area contributed by atoms with E-state index in [0.29, 0.717) is 5.56 Å². The van der Waals surface area contributed by atoms with Crippen molar-refractivity contribution in [2.45, 2.75) is 0 Å². The van der Waals surface area contributed by atoms with Gasteiger partial charge < -0.3 is 14.4 Å². The van der Waals surface area contributed by atoms with E-state index in [9.17, 15) is 4.79 Å². The molecule has 106 valence electrons. The molecule has 0 unspecified atom stereocenters. The third-order valence-electron chi connectivity index (χ3n) is 3.62. The first-order valence-corrected chi connectivity index (χ1v) is 6.57. The van der Waals surface area contributed by atoms with E-state index in [4.69, 9.17) is 9.84 Å². The van der Waals surface area contributed by atoms with Gasteiger partial charge in [-0.25, -0.2) is 4.79 Å². The molecule has 0 spiro atoms. The van der Waals surface area contributed by atoms with Crippen LogP contribution in [0.3, 0.4) is 0 Å². The lowest BCUT2D eigenvalue weighted by atomic mass is 10.0. The number of carboxylic acid groups (broad SMARTS) is 1. The number of hydrogen-bond acceptors (Lipinski definition) is 2. The molecule has 0 bridgehead atoms. The number of aryl methyl sites for hydroxylation is 1. The molecule has 0 aliphatic heterocycles. The molecule has 0 saturated carbocycles. The van der Waals surface area contributed by atoms with Crippen molar-refractivity contribution in [3.05, 3.63) is 54.2 Å². The van der Waals surface area contributed by atoms with Gasteiger partial charge in [0.25, 0.3) is 0 Å². The zero-order valence-electron chi connectivity index (χ0n) is 11.8. The first-order chi connectivity index (χ1) is 10.1. The maximum atomic E-state index is 11.1. The Morgan fingerprint density at radius 2 is 2.00 bits per heavy atom. The summed E-state index contributed by atoms with van der Waals surface area (Å²) in [6.07, 6.45) is 2.01. The third kappa shape index (κ3) is 2.25. The highest BCUT2D eigenvalue weighted by Gasteiger charge is 2.12. The Labute approximate surface area is 122 Å². The van der Waals surface area contributed by atoms with Crippen LogP contribution >= 0.6 is 0 Å². The monoisotopic (exact) mass is 281 g/mol. The summed E-state index contributed by atoms with van der Waals surface area (Å²) in [5, 5.41) is 10.1. The second-order valence-corrected chi connectivity index (χ2v) is 4.92. The van der Waals surface area contributed by atoms with E-state index in [1.165, 1.54) is 0 Å². The summed E-state index contributed by atoms with van der Waals surface area (Å²) in [5.41, 5.74) is 3.29. The molecule has 0 aliphatic rings. The number of carbonyl (C=O) groups is 1. The zero-order valence-corrected chi connectivity index (χ0v) is 11.8. The molecule has 0 atom stereocenters. The van der Waals surface area contributed by atoms with Crippen molar-refractivity contribution in [2.75, 3.05) is 7.11 Å². The maximum Gasteiger partial charge on any atom is 0.335 e. The molecule has 3 aromatic rings. The summed E-state index contributed by atoms with van der Waals surface area (Å²) in [6, 6.07) is 13.0. The van der Waals surface area contributed by atoms with Crippen LogP contribution in [0.25, 0.3) is 22.0 Å². The van der Waals surface area contributed by atoms with Gasteiger partial charge in [0.1, 0.15) is 5.75 Å². The number of hydrogen-bond donors (Lipinski definition) is 1. The van der Waals surface area contributed by atoms with Gasteiger partial charge in [-0.05, 0) is 29.8 Å². The van der Waals surface area contributed by atoms with Gasteiger partial charge in [-0.1, -0.05) is 18.2 Å². The number of methoxy groups -OCH3 is 1. The average molecular weight is 281 g/mol. The molecule has 0 aliphatic carbocycles. The van der Waals surface area contributed by atoms with Crippen LogP contribution in [-0.2, 0) is 7.05 Å². The molecule has 4 nitrogen and oxygen atoms in total. The minimum absolute atomic E-state index is 0.292. The van der Waals surface area contributed by atoms with Gasteiger partial charge in [0.05, 0.1) is 12.7 Å². The minimum atomic E-state index is -0.916. The van der Waals surface area contributed by atoms with E-state index in [-0.39, 0.29) is 0 Å². The molecule has 21 heavy (non-hydrogen) atoms. The van der Waals surface area contributed by atoms with Gasteiger partial charge in [0.15, 0.2) is 0 Å². The van der Waals surface area contributed by atoms with Crippen LogP contribution < -0.4 is 4.74 Å². The Hall–Kier alpha value is -2.75. The van der Waals surface area contributed by atoms with E-state index >= 15 is 0 Å². The van der Waals surface area contributed by atoms with Crippen molar-refractivity contribution < 1.29 is 14.6 Å². The van der Waals surface area contributed by atoms with Crippen molar-refractivity contribution in [1.29, 1.82) is 0 Å². The molecule has 0 radical (unpaired) electrons. The highest BCUT2D eigenvalue weighted by Crippen LogP contribution is 2.32. The summed E-state index contributed by atoms with van der Waals surface area (Å²) < 4.78 is 7.20. The lowest BCUT2D eigenvalue weighted by Gasteiger charge is -2.03. The summed E-state index contributed by atoms with van der Waals surface area (Å²) in [7, 11) is 3.55. The van der Waals surface area contributed by atoms with Crippen LogP contribution in [-0.4, -0.2) is 22.8 Å². The molecule has 3 rings (SSSR count). The Bertz CT molecular complexity index is 833. The quantitative estimate of drug-likeness (QED) is 0.798. The first kappa shape index (κ1) is 13.2. The van der Waals surface area contributed by atoms with E-state index in [1.807, 2.05) is 48.1 Å². The van der Waals surface area contributed by atoms with Crippen LogP contribution in [0.4, 0.5) is 0 Å². The molecule has 0 saturated heterocycles. The highest BCUT2D eigenvalue weighted by atomic mass is 16.5. The number of benzene rings is 2. The second-order valence-electron chi connectivity index (χ2n) is 4.92.